The Balaban J connectivity index is 1.90. The first-order valence-corrected chi connectivity index (χ1v) is 11.1. The maximum Gasteiger partial charge on any atom is 0.471 e. The summed E-state index contributed by atoms with van der Waals surface area (Å²) in [6.45, 7) is -1.43. The van der Waals surface area contributed by atoms with Gasteiger partial charge in [0, 0.05) is 31.1 Å². The largest absolute Gasteiger partial charge is 0.471 e. The second-order valence-electron chi connectivity index (χ2n) is 6.88. The molecule has 190 valence electrons. The van der Waals surface area contributed by atoms with Crippen LogP contribution in [0.2, 0.25) is 0 Å². The van der Waals surface area contributed by atoms with Crippen molar-refractivity contribution in [1.82, 2.24) is 14.9 Å². The van der Waals surface area contributed by atoms with Gasteiger partial charge in [-0.1, -0.05) is 11.8 Å². The summed E-state index contributed by atoms with van der Waals surface area (Å²) in [6, 6.07) is 0. The van der Waals surface area contributed by atoms with E-state index in [4.69, 9.17) is 19.3 Å². The van der Waals surface area contributed by atoms with Crippen LogP contribution >= 0.6 is 7.82 Å². The normalized spacial score (nSPS) is 20.6. The average Bonchev–Trinajstić information content (AvgIpc) is 3.08. The van der Waals surface area contributed by atoms with Gasteiger partial charge in [-0.3, -0.25) is 23.7 Å². The first-order valence-electron chi connectivity index (χ1n) is 9.54. The number of aromatic amines is 1. The lowest BCUT2D eigenvalue weighted by Crippen LogP contribution is -2.38. The average molecular weight is 515 g/mol. The highest BCUT2D eigenvalue weighted by atomic mass is 31.2. The molecule has 0 aliphatic carbocycles. The number of amides is 1. The Morgan fingerprint density at radius 2 is 2.06 bits per heavy atom. The van der Waals surface area contributed by atoms with Gasteiger partial charge >= 0.3 is 25.6 Å². The van der Waals surface area contributed by atoms with Crippen LogP contribution in [-0.2, 0) is 29.8 Å². The maximum absolute atomic E-state index is 12.1. The Morgan fingerprint density at radius 1 is 1.35 bits per heavy atom. The van der Waals surface area contributed by atoms with Gasteiger partial charge in [-0.25, -0.2) is 9.36 Å². The molecule has 0 spiro atoms. The molecular formula is C17H21F3N3O10P. The van der Waals surface area contributed by atoms with Crippen molar-refractivity contribution < 1.29 is 51.4 Å². The van der Waals surface area contributed by atoms with Crippen molar-refractivity contribution in [3.05, 3.63) is 32.6 Å². The van der Waals surface area contributed by atoms with E-state index < -0.39 is 56.2 Å². The number of rotatable bonds is 9. The van der Waals surface area contributed by atoms with Crippen molar-refractivity contribution in [3.8, 4) is 11.8 Å². The van der Waals surface area contributed by atoms with Gasteiger partial charge in [0.05, 0.1) is 19.3 Å². The summed E-state index contributed by atoms with van der Waals surface area (Å²) in [5.74, 6) is 3.02. The number of phosphoric ester groups is 1. The number of halogens is 3. The quantitative estimate of drug-likeness (QED) is 0.148. The Hall–Kier alpha value is -2.51. The lowest BCUT2D eigenvalue weighted by Gasteiger charge is -2.16. The van der Waals surface area contributed by atoms with E-state index in [1.165, 1.54) is 0 Å². The Labute approximate surface area is 189 Å². The summed E-state index contributed by atoms with van der Waals surface area (Å²) in [5.41, 5.74) is -1.52. The molecule has 2 heterocycles. The number of aliphatic hydroxyl groups is 1. The van der Waals surface area contributed by atoms with Gasteiger partial charge in [0.2, 0.25) is 0 Å². The molecule has 0 saturated carbocycles. The number of aliphatic hydroxyl groups excluding tert-OH is 1. The Bertz CT molecular complexity index is 1090. The molecule has 2 rings (SSSR count). The van der Waals surface area contributed by atoms with Crippen molar-refractivity contribution in [2.24, 2.45) is 0 Å². The van der Waals surface area contributed by atoms with Crippen LogP contribution in [0.15, 0.2) is 15.8 Å². The van der Waals surface area contributed by atoms with E-state index in [1.807, 2.05) is 0 Å². The standard InChI is InChI=1S/C17H21F3N3O10P/c18-17(19,20)15(26)21-4-6-31-5-2-1-3-10-8-23(16(27)22-14(10)25)13-7-11(24)12(33-13)9-32-34(28,29)30/h8,11-13,24H,3-7,9H2,(H,21,26)(H,22,25,27)(H2,28,29,30)/t11-,12+,13+/m0/s1. The van der Waals surface area contributed by atoms with Crippen LogP contribution in [0.3, 0.4) is 0 Å². The summed E-state index contributed by atoms with van der Waals surface area (Å²) in [7, 11) is -4.79. The number of carbonyl (C=O) groups excluding carboxylic acids is 1. The summed E-state index contributed by atoms with van der Waals surface area (Å²) in [4.78, 5) is 54.3. The third-order valence-corrected chi connectivity index (χ3v) is 4.82. The van der Waals surface area contributed by atoms with Crippen LogP contribution in [0.1, 0.15) is 18.2 Å². The highest BCUT2D eigenvalue weighted by Gasteiger charge is 2.38. The van der Waals surface area contributed by atoms with Crippen molar-refractivity contribution in [2.45, 2.75) is 37.5 Å². The molecule has 0 radical (unpaired) electrons. The number of ether oxygens (including phenoxy) is 2. The smallest absolute Gasteiger partial charge is 0.390 e. The van der Waals surface area contributed by atoms with Crippen molar-refractivity contribution >= 4 is 13.7 Å². The molecule has 1 aliphatic rings. The highest BCUT2D eigenvalue weighted by Crippen LogP contribution is 2.38. The van der Waals surface area contributed by atoms with Crippen molar-refractivity contribution in [2.75, 3.05) is 26.4 Å². The third-order valence-electron chi connectivity index (χ3n) is 4.33. The molecule has 1 fully saturated rings. The number of nitrogens with zero attached hydrogens (tertiary/aromatic N) is 1. The van der Waals surface area contributed by atoms with Crippen LogP contribution in [0, 0.1) is 11.8 Å². The number of aromatic nitrogens is 2. The first kappa shape index (κ1) is 27.7. The molecule has 1 aliphatic heterocycles. The minimum Gasteiger partial charge on any atom is -0.390 e. The summed E-state index contributed by atoms with van der Waals surface area (Å²) >= 11 is 0. The van der Waals surface area contributed by atoms with E-state index in [1.54, 1.807) is 5.32 Å². The summed E-state index contributed by atoms with van der Waals surface area (Å²) < 4.78 is 62.5. The number of alkyl halides is 3. The fraction of sp³-hybridized carbons (Fsp3) is 0.588. The first-order chi connectivity index (χ1) is 15.8. The van der Waals surface area contributed by atoms with E-state index >= 15 is 0 Å². The second-order valence-corrected chi connectivity index (χ2v) is 8.12. The van der Waals surface area contributed by atoms with Crippen molar-refractivity contribution in [3.63, 3.8) is 0 Å². The molecule has 0 bridgehead atoms. The molecule has 1 amide bonds. The topological polar surface area (TPSA) is 189 Å². The minimum atomic E-state index is -4.98. The zero-order valence-corrected chi connectivity index (χ0v) is 18.2. The number of H-pyrrole nitrogens is 1. The monoisotopic (exact) mass is 515 g/mol. The fourth-order valence-corrected chi connectivity index (χ4v) is 3.08. The number of phosphoric acid groups is 1. The predicted octanol–water partition coefficient (Wildman–Crippen LogP) is -1.46. The van der Waals surface area contributed by atoms with Crippen LogP contribution in [0.4, 0.5) is 13.2 Å². The number of hydrogen-bond donors (Lipinski definition) is 5. The Kier molecular flexibility index (Phi) is 9.59. The predicted molar refractivity (Wildman–Crippen MR) is 105 cm³/mol. The van der Waals surface area contributed by atoms with Crippen LogP contribution in [0.5, 0.6) is 0 Å². The zero-order valence-electron chi connectivity index (χ0n) is 17.3. The molecule has 1 aromatic rings. The second kappa shape index (κ2) is 11.8. The molecule has 0 unspecified atom stereocenters. The van der Waals surface area contributed by atoms with Crippen LogP contribution < -0.4 is 16.6 Å². The zero-order chi connectivity index (χ0) is 25.5. The molecular weight excluding hydrogens is 494 g/mol. The van der Waals surface area contributed by atoms with Gasteiger partial charge in [-0.2, -0.15) is 13.2 Å². The Morgan fingerprint density at radius 3 is 2.71 bits per heavy atom. The summed E-state index contributed by atoms with van der Waals surface area (Å²) in [5, 5.41) is 11.6. The van der Waals surface area contributed by atoms with E-state index in [-0.39, 0.29) is 38.2 Å². The molecule has 5 N–H and O–H groups in total. The molecule has 1 saturated heterocycles. The SMILES string of the molecule is O=C(NCCOCC#CCc1cn([C@H]2C[C@H](O)[C@@H](COP(=O)(O)O)O2)c(=O)[nH]c1=O)C(F)(F)F. The molecule has 1 aromatic heterocycles. The van der Waals surface area contributed by atoms with E-state index in [0.29, 0.717) is 0 Å². The van der Waals surface area contributed by atoms with Crippen molar-refractivity contribution in [1.29, 1.82) is 0 Å². The lowest BCUT2D eigenvalue weighted by atomic mass is 10.2. The van der Waals surface area contributed by atoms with Gasteiger partial charge in [0.15, 0.2) is 0 Å². The van der Waals surface area contributed by atoms with Gasteiger partial charge in [-0.15, -0.1) is 0 Å². The number of nitrogens with one attached hydrogen (secondary N) is 2. The molecule has 3 atom stereocenters. The van der Waals surface area contributed by atoms with Gasteiger partial charge in [-0.05, 0) is 0 Å². The molecule has 13 nitrogen and oxygen atoms in total. The van der Waals surface area contributed by atoms with Gasteiger partial charge in [0.25, 0.3) is 5.56 Å². The fourth-order valence-electron chi connectivity index (χ4n) is 2.74. The van der Waals surface area contributed by atoms with Gasteiger partial charge < -0.3 is 29.7 Å². The van der Waals surface area contributed by atoms with Gasteiger partial charge in [0.1, 0.15) is 18.9 Å². The minimum absolute atomic E-state index is 0.0533. The molecule has 0 aromatic carbocycles. The lowest BCUT2D eigenvalue weighted by molar-refractivity contribution is -0.173. The van der Waals surface area contributed by atoms with Crippen LogP contribution in [0.25, 0.3) is 0 Å². The highest BCUT2D eigenvalue weighted by molar-refractivity contribution is 7.46. The van der Waals surface area contributed by atoms with E-state index in [0.717, 1.165) is 10.8 Å². The molecule has 17 heteroatoms. The summed E-state index contributed by atoms with van der Waals surface area (Å²) in [6.07, 6.45) is -7.45. The van der Waals surface area contributed by atoms with E-state index in [9.17, 15) is 37.2 Å². The van der Waals surface area contributed by atoms with E-state index in [2.05, 4.69) is 21.3 Å². The molecule has 34 heavy (non-hydrogen) atoms. The number of carbonyl (C=O) groups is 1. The maximum atomic E-state index is 12.1. The van der Waals surface area contributed by atoms with Crippen LogP contribution in [-0.4, -0.2) is 75.1 Å². The third kappa shape index (κ3) is 8.69. The number of hydrogen-bond acceptors (Lipinski definition) is 8.